The van der Waals surface area contributed by atoms with E-state index in [1.165, 1.54) is 6.08 Å². The van der Waals surface area contributed by atoms with Crippen LogP contribution in [0.5, 0.6) is 0 Å². The summed E-state index contributed by atoms with van der Waals surface area (Å²) in [6.45, 7) is 0.156. The van der Waals surface area contributed by atoms with Crippen molar-refractivity contribution in [1.29, 1.82) is 5.26 Å². The molecule has 1 amide bonds. The van der Waals surface area contributed by atoms with Crippen molar-refractivity contribution in [2.24, 2.45) is 5.41 Å². The summed E-state index contributed by atoms with van der Waals surface area (Å²) in [6.07, 6.45) is 5.06. The lowest BCUT2D eigenvalue weighted by Crippen LogP contribution is -2.47. The first-order valence-corrected chi connectivity index (χ1v) is 6.75. The van der Waals surface area contributed by atoms with Crippen LogP contribution in [0.15, 0.2) is 30.3 Å². The third-order valence-electron chi connectivity index (χ3n) is 3.81. The Labute approximate surface area is 122 Å². The molecule has 0 saturated heterocycles. The predicted octanol–water partition coefficient (Wildman–Crippen LogP) is 1.94. The summed E-state index contributed by atoms with van der Waals surface area (Å²) in [6, 6.07) is 8.92. The average molecular weight is 284 g/mol. The molecule has 0 heterocycles. The monoisotopic (exact) mass is 284 g/mol. The lowest BCUT2D eigenvalue weighted by atomic mass is 9.69. The van der Waals surface area contributed by atoms with E-state index in [0.29, 0.717) is 18.4 Å². The number of nitrogens with one attached hydrogen (secondary N) is 1. The summed E-state index contributed by atoms with van der Waals surface area (Å²) in [4.78, 5) is 22.9. The second kappa shape index (κ2) is 6.23. The average Bonchev–Trinajstić information content (AvgIpc) is 2.44. The van der Waals surface area contributed by atoms with Crippen molar-refractivity contribution < 1.29 is 14.7 Å². The summed E-state index contributed by atoms with van der Waals surface area (Å²) in [5.41, 5.74) is 0.488. The van der Waals surface area contributed by atoms with Crippen LogP contribution in [-0.2, 0) is 9.59 Å². The van der Waals surface area contributed by atoms with Crippen molar-refractivity contribution >= 4 is 18.0 Å². The zero-order valence-corrected chi connectivity index (χ0v) is 11.5. The third kappa shape index (κ3) is 3.48. The Morgan fingerprint density at radius 2 is 2.19 bits per heavy atom. The Hall–Kier alpha value is -2.61. The van der Waals surface area contributed by atoms with Gasteiger partial charge in [0, 0.05) is 12.6 Å². The molecule has 5 nitrogen and oxygen atoms in total. The number of amides is 1. The van der Waals surface area contributed by atoms with E-state index in [1.54, 1.807) is 30.3 Å². The molecule has 0 atom stereocenters. The molecule has 2 rings (SSSR count). The van der Waals surface area contributed by atoms with Crippen molar-refractivity contribution in [2.45, 2.75) is 19.3 Å². The van der Waals surface area contributed by atoms with Crippen LogP contribution >= 0.6 is 0 Å². The van der Waals surface area contributed by atoms with E-state index in [1.807, 2.05) is 6.07 Å². The van der Waals surface area contributed by atoms with Gasteiger partial charge in [0.1, 0.15) is 0 Å². The normalized spacial score (nSPS) is 16.0. The summed E-state index contributed by atoms with van der Waals surface area (Å²) in [5, 5.41) is 20.6. The topological polar surface area (TPSA) is 90.2 Å². The van der Waals surface area contributed by atoms with Crippen LogP contribution in [0.3, 0.4) is 0 Å². The summed E-state index contributed by atoms with van der Waals surface area (Å²) >= 11 is 0. The molecule has 0 aliphatic heterocycles. The molecule has 1 aromatic carbocycles. The molecule has 2 N–H and O–H groups in total. The molecule has 5 heteroatoms. The van der Waals surface area contributed by atoms with Gasteiger partial charge in [-0.3, -0.25) is 9.59 Å². The highest BCUT2D eigenvalue weighted by atomic mass is 16.4. The fourth-order valence-corrected chi connectivity index (χ4v) is 2.27. The predicted molar refractivity (Wildman–Crippen MR) is 77.1 cm³/mol. The number of hydrogen-bond acceptors (Lipinski definition) is 3. The Bertz CT molecular complexity index is 625. The molecule has 21 heavy (non-hydrogen) atoms. The standard InChI is InChI=1S/C16H16N2O3/c17-10-13-4-1-3-12(9-13)5-6-14(19)18-11-16(15(20)21)7-2-8-16/h1,3-6,9H,2,7-8,11H2,(H,18,19)(H,20,21)/b6-5+. The van der Waals surface area contributed by atoms with Crippen LogP contribution in [0.4, 0.5) is 0 Å². The smallest absolute Gasteiger partial charge is 0.311 e. The molecule has 0 radical (unpaired) electrons. The molecule has 0 aromatic heterocycles. The van der Waals surface area contributed by atoms with E-state index in [2.05, 4.69) is 5.32 Å². The summed E-state index contributed by atoms with van der Waals surface area (Å²) in [7, 11) is 0. The number of nitrogens with zero attached hydrogens (tertiary/aromatic N) is 1. The van der Waals surface area contributed by atoms with Crippen molar-refractivity contribution in [3.63, 3.8) is 0 Å². The molecule has 108 valence electrons. The molecular weight excluding hydrogens is 268 g/mol. The van der Waals surface area contributed by atoms with Crippen LogP contribution in [-0.4, -0.2) is 23.5 Å². The lowest BCUT2D eigenvalue weighted by Gasteiger charge is -2.37. The van der Waals surface area contributed by atoms with Gasteiger partial charge in [-0.1, -0.05) is 18.6 Å². The first-order chi connectivity index (χ1) is 10.1. The van der Waals surface area contributed by atoms with Crippen molar-refractivity contribution in [1.82, 2.24) is 5.32 Å². The summed E-state index contributed by atoms with van der Waals surface area (Å²) < 4.78 is 0. The molecule has 1 aromatic rings. The largest absolute Gasteiger partial charge is 0.481 e. The van der Waals surface area contributed by atoms with Crippen molar-refractivity contribution in [3.05, 3.63) is 41.5 Å². The zero-order valence-electron chi connectivity index (χ0n) is 11.5. The molecule has 1 aliphatic carbocycles. The van der Waals surface area contributed by atoms with E-state index in [-0.39, 0.29) is 12.5 Å². The van der Waals surface area contributed by atoms with E-state index in [0.717, 1.165) is 12.0 Å². The Morgan fingerprint density at radius 1 is 1.43 bits per heavy atom. The van der Waals surface area contributed by atoms with Crippen LogP contribution in [0.25, 0.3) is 6.08 Å². The fraction of sp³-hybridized carbons (Fsp3) is 0.312. The highest BCUT2D eigenvalue weighted by molar-refractivity contribution is 5.92. The van der Waals surface area contributed by atoms with Crippen LogP contribution in [0.2, 0.25) is 0 Å². The number of carboxylic acids is 1. The molecule has 0 bridgehead atoms. The van der Waals surface area contributed by atoms with Crippen LogP contribution in [0.1, 0.15) is 30.4 Å². The van der Waals surface area contributed by atoms with E-state index in [9.17, 15) is 9.59 Å². The van der Waals surface area contributed by atoms with Crippen molar-refractivity contribution in [3.8, 4) is 6.07 Å². The third-order valence-corrected chi connectivity index (χ3v) is 3.81. The number of carbonyl (C=O) groups is 2. The highest BCUT2D eigenvalue weighted by Gasteiger charge is 2.44. The number of carboxylic acid groups (broad SMARTS) is 1. The first kappa shape index (κ1) is 14.8. The van der Waals surface area contributed by atoms with Crippen LogP contribution < -0.4 is 5.32 Å². The van der Waals surface area contributed by atoms with Crippen molar-refractivity contribution in [2.75, 3.05) is 6.54 Å². The number of carbonyl (C=O) groups excluding carboxylic acids is 1. The maximum absolute atomic E-state index is 11.7. The zero-order chi connectivity index (χ0) is 15.3. The molecule has 0 spiro atoms. The molecule has 0 unspecified atom stereocenters. The molecule has 1 fully saturated rings. The van der Waals surface area contributed by atoms with Gasteiger partial charge >= 0.3 is 5.97 Å². The van der Waals surface area contributed by atoms with E-state index in [4.69, 9.17) is 10.4 Å². The molecule has 1 saturated carbocycles. The lowest BCUT2D eigenvalue weighted by molar-refractivity contribution is -0.154. The highest BCUT2D eigenvalue weighted by Crippen LogP contribution is 2.40. The molecule has 1 aliphatic rings. The first-order valence-electron chi connectivity index (χ1n) is 6.75. The van der Waals surface area contributed by atoms with Gasteiger partial charge < -0.3 is 10.4 Å². The minimum atomic E-state index is -0.847. The second-order valence-corrected chi connectivity index (χ2v) is 5.23. The SMILES string of the molecule is N#Cc1cccc(/C=C/C(=O)NCC2(C(=O)O)CCC2)c1. The fourth-order valence-electron chi connectivity index (χ4n) is 2.27. The van der Waals surface area contributed by atoms with Crippen LogP contribution in [0, 0.1) is 16.7 Å². The number of aliphatic carboxylic acids is 1. The van der Waals surface area contributed by atoms with Gasteiger partial charge in [0.05, 0.1) is 17.0 Å². The number of hydrogen-bond donors (Lipinski definition) is 2. The molecular formula is C16H16N2O3. The maximum Gasteiger partial charge on any atom is 0.311 e. The van der Waals surface area contributed by atoms with Gasteiger partial charge in [-0.25, -0.2) is 0 Å². The van der Waals surface area contributed by atoms with E-state index < -0.39 is 11.4 Å². The maximum atomic E-state index is 11.7. The van der Waals surface area contributed by atoms with Gasteiger partial charge in [0.2, 0.25) is 5.91 Å². The van der Waals surface area contributed by atoms with Gasteiger partial charge in [-0.05, 0) is 36.6 Å². The van der Waals surface area contributed by atoms with Gasteiger partial charge in [-0.2, -0.15) is 5.26 Å². The summed E-state index contributed by atoms with van der Waals surface area (Å²) in [5.74, 6) is -1.18. The Balaban J connectivity index is 1.91. The quantitative estimate of drug-likeness (QED) is 0.808. The number of rotatable bonds is 5. The Kier molecular flexibility index (Phi) is 4.39. The van der Waals surface area contributed by atoms with E-state index >= 15 is 0 Å². The minimum Gasteiger partial charge on any atom is -0.481 e. The number of nitriles is 1. The number of benzene rings is 1. The van der Waals surface area contributed by atoms with Gasteiger partial charge in [-0.15, -0.1) is 0 Å². The Morgan fingerprint density at radius 3 is 2.76 bits per heavy atom. The van der Waals surface area contributed by atoms with Gasteiger partial charge in [0.15, 0.2) is 0 Å². The van der Waals surface area contributed by atoms with Gasteiger partial charge in [0.25, 0.3) is 0 Å². The minimum absolute atomic E-state index is 0.156. The second-order valence-electron chi connectivity index (χ2n) is 5.23.